The van der Waals surface area contributed by atoms with E-state index < -0.39 is 0 Å². The van der Waals surface area contributed by atoms with Gasteiger partial charge in [-0.25, -0.2) is 0 Å². The molecule has 1 atom stereocenters. The summed E-state index contributed by atoms with van der Waals surface area (Å²) in [5.74, 6) is 0. The van der Waals surface area contributed by atoms with E-state index in [2.05, 4.69) is 12.2 Å². The number of rotatable bonds is 3. The van der Waals surface area contributed by atoms with E-state index in [4.69, 9.17) is 4.74 Å². The van der Waals surface area contributed by atoms with Crippen molar-refractivity contribution >= 4 is 0 Å². The Morgan fingerprint density at radius 1 is 1.45 bits per heavy atom. The third kappa shape index (κ3) is 2.80. The summed E-state index contributed by atoms with van der Waals surface area (Å²) in [6.07, 6.45) is 4.95. The Morgan fingerprint density at radius 3 is 2.82 bits per heavy atom. The first-order chi connectivity index (χ1) is 5.27. The van der Waals surface area contributed by atoms with Crippen LogP contribution in [0.15, 0.2) is 0 Å². The lowest BCUT2D eigenvalue weighted by Crippen LogP contribution is -2.35. The molecule has 1 aliphatic heterocycles. The predicted octanol–water partition coefficient (Wildman–Crippen LogP) is 1.56. The summed E-state index contributed by atoms with van der Waals surface area (Å²) in [5.41, 5.74) is 0.168. The van der Waals surface area contributed by atoms with Crippen molar-refractivity contribution in [3.63, 3.8) is 0 Å². The van der Waals surface area contributed by atoms with Crippen molar-refractivity contribution in [1.82, 2.24) is 5.32 Å². The molecule has 2 heteroatoms. The van der Waals surface area contributed by atoms with E-state index in [1.165, 1.54) is 19.3 Å². The second-order valence-electron chi connectivity index (χ2n) is 3.61. The Morgan fingerprint density at radius 2 is 2.27 bits per heavy atom. The van der Waals surface area contributed by atoms with Crippen LogP contribution >= 0.6 is 0 Å². The third-order valence-corrected chi connectivity index (χ3v) is 2.45. The fourth-order valence-corrected chi connectivity index (χ4v) is 1.58. The van der Waals surface area contributed by atoms with Gasteiger partial charge in [-0.1, -0.05) is 0 Å². The SMILES string of the molecule is CNCCC1(C)CCCCO1. The highest BCUT2D eigenvalue weighted by molar-refractivity contribution is 4.78. The zero-order valence-corrected chi connectivity index (χ0v) is 7.65. The Bertz CT molecular complexity index is 108. The number of hydrogen-bond acceptors (Lipinski definition) is 2. The van der Waals surface area contributed by atoms with Crippen molar-refractivity contribution in [1.29, 1.82) is 0 Å². The van der Waals surface area contributed by atoms with Gasteiger partial charge in [0.2, 0.25) is 0 Å². The van der Waals surface area contributed by atoms with Gasteiger partial charge in [-0.15, -0.1) is 0 Å². The van der Waals surface area contributed by atoms with Crippen LogP contribution in [0.3, 0.4) is 0 Å². The molecule has 1 heterocycles. The van der Waals surface area contributed by atoms with Gasteiger partial charge in [0.15, 0.2) is 0 Å². The molecule has 0 aliphatic carbocycles. The van der Waals surface area contributed by atoms with E-state index in [-0.39, 0.29) is 5.60 Å². The van der Waals surface area contributed by atoms with Crippen molar-refractivity contribution in [3.8, 4) is 0 Å². The molecule has 11 heavy (non-hydrogen) atoms. The standard InChI is InChI=1S/C9H19NO/c1-9(6-7-10-2)5-3-4-8-11-9/h10H,3-8H2,1-2H3. The maximum Gasteiger partial charge on any atom is 0.0666 e. The molecule has 1 unspecified atom stereocenters. The molecule has 0 spiro atoms. The molecule has 66 valence electrons. The van der Waals surface area contributed by atoms with E-state index in [0.717, 1.165) is 19.6 Å². The van der Waals surface area contributed by atoms with E-state index in [0.29, 0.717) is 0 Å². The quantitative estimate of drug-likeness (QED) is 0.671. The van der Waals surface area contributed by atoms with Crippen LogP contribution in [0.2, 0.25) is 0 Å². The first-order valence-electron chi connectivity index (χ1n) is 4.55. The number of nitrogens with one attached hydrogen (secondary N) is 1. The highest BCUT2D eigenvalue weighted by atomic mass is 16.5. The lowest BCUT2D eigenvalue weighted by Gasteiger charge is -2.33. The van der Waals surface area contributed by atoms with E-state index in [9.17, 15) is 0 Å². The highest BCUT2D eigenvalue weighted by Gasteiger charge is 2.26. The maximum absolute atomic E-state index is 5.73. The molecule has 2 nitrogen and oxygen atoms in total. The van der Waals surface area contributed by atoms with Crippen molar-refractivity contribution < 1.29 is 4.74 Å². The average Bonchev–Trinajstić information content (AvgIpc) is 2.03. The smallest absolute Gasteiger partial charge is 0.0666 e. The van der Waals surface area contributed by atoms with Gasteiger partial charge in [0.1, 0.15) is 0 Å². The first-order valence-corrected chi connectivity index (χ1v) is 4.55. The minimum atomic E-state index is 0.168. The van der Waals surface area contributed by atoms with Gasteiger partial charge in [-0.05, 0) is 46.2 Å². The summed E-state index contributed by atoms with van der Waals surface area (Å²) in [5, 5.41) is 3.16. The van der Waals surface area contributed by atoms with Crippen LogP contribution in [0.4, 0.5) is 0 Å². The predicted molar refractivity (Wildman–Crippen MR) is 46.8 cm³/mol. The summed E-state index contributed by atoms with van der Waals surface area (Å²) < 4.78 is 5.73. The van der Waals surface area contributed by atoms with Crippen LogP contribution in [0.5, 0.6) is 0 Å². The summed E-state index contributed by atoms with van der Waals surface area (Å²) in [4.78, 5) is 0. The molecular weight excluding hydrogens is 138 g/mol. The van der Waals surface area contributed by atoms with Gasteiger partial charge < -0.3 is 10.1 Å². The van der Waals surface area contributed by atoms with Gasteiger partial charge in [0.25, 0.3) is 0 Å². The molecule has 0 radical (unpaired) electrons. The molecular formula is C9H19NO. The molecule has 0 saturated carbocycles. The highest BCUT2D eigenvalue weighted by Crippen LogP contribution is 2.26. The van der Waals surface area contributed by atoms with Gasteiger partial charge in [-0.2, -0.15) is 0 Å². The Balaban J connectivity index is 2.25. The number of hydrogen-bond donors (Lipinski definition) is 1. The monoisotopic (exact) mass is 157 g/mol. The second kappa shape index (κ2) is 4.07. The minimum Gasteiger partial charge on any atom is -0.375 e. The van der Waals surface area contributed by atoms with E-state index in [1.807, 2.05) is 7.05 Å². The second-order valence-corrected chi connectivity index (χ2v) is 3.61. The maximum atomic E-state index is 5.73. The molecule has 1 fully saturated rings. The zero-order valence-electron chi connectivity index (χ0n) is 7.65. The van der Waals surface area contributed by atoms with Crippen LogP contribution in [-0.2, 0) is 4.74 Å². The van der Waals surface area contributed by atoms with E-state index >= 15 is 0 Å². The largest absolute Gasteiger partial charge is 0.375 e. The summed E-state index contributed by atoms with van der Waals surface area (Å²) in [6.45, 7) is 4.25. The van der Waals surface area contributed by atoms with E-state index in [1.54, 1.807) is 0 Å². The van der Waals surface area contributed by atoms with Crippen molar-refractivity contribution in [2.24, 2.45) is 0 Å². The fraction of sp³-hybridized carbons (Fsp3) is 1.00. The topological polar surface area (TPSA) is 21.3 Å². The Kier molecular flexibility index (Phi) is 3.34. The molecule has 1 saturated heterocycles. The lowest BCUT2D eigenvalue weighted by atomic mass is 9.93. The number of ether oxygens (including phenoxy) is 1. The Labute approximate surface area is 69.3 Å². The molecule has 1 aliphatic rings. The molecule has 0 aromatic heterocycles. The van der Waals surface area contributed by atoms with Gasteiger partial charge >= 0.3 is 0 Å². The first kappa shape index (κ1) is 9.01. The lowest BCUT2D eigenvalue weighted by molar-refractivity contribution is -0.0692. The van der Waals surface area contributed by atoms with Crippen LogP contribution < -0.4 is 5.32 Å². The molecule has 0 amide bonds. The summed E-state index contributed by atoms with van der Waals surface area (Å²) in [6, 6.07) is 0. The zero-order chi connectivity index (χ0) is 8.16. The average molecular weight is 157 g/mol. The molecule has 1 rings (SSSR count). The summed E-state index contributed by atoms with van der Waals surface area (Å²) >= 11 is 0. The van der Waals surface area contributed by atoms with Gasteiger partial charge in [0.05, 0.1) is 5.60 Å². The van der Waals surface area contributed by atoms with Crippen molar-refractivity contribution in [2.45, 2.75) is 38.2 Å². The third-order valence-electron chi connectivity index (χ3n) is 2.45. The normalized spacial score (nSPS) is 32.2. The molecule has 1 N–H and O–H groups in total. The van der Waals surface area contributed by atoms with Crippen molar-refractivity contribution in [2.75, 3.05) is 20.2 Å². The Hall–Kier alpha value is -0.0800. The van der Waals surface area contributed by atoms with Crippen LogP contribution in [0, 0.1) is 0 Å². The van der Waals surface area contributed by atoms with Gasteiger partial charge in [0, 0.05) is 6.61 Å². The molecule has 0 aromatic rings. The van der Waals surface area contributed by atoms with Crippen LogP contribution in [0.25, 0.3) is 0 Å². The van der Waals surface area contributed by atoms with Crippen LogP contribution in [0.1, 0.15) is 32.6 Å². The van der Waals surface area contributed by atoms with Crippen molar-refractivity contribution in [3.05, 3.63) is 0 Å². The minimum absolute atomic E-state index is 0.168. The van der Waals surface area contributed by atoms with Gasteiger partial charge in [-0.3, -0.25) is 0 Å². The summed E-state index contributed by atoms with van der Waals surface area (Å²) in [7, 11) is 1.99. The fourth-order valence-electron chi connectivity index (χ4n) is 1.58. The van der Waals surface area contributed by atoms with Crippen LogP contribution in [-0.4, -0.2) is 25.8 Å². The molecule has 0 aromatic carbocycles. The molecule has 0 bridgehead atoms.